The number of hydrogen-bond acceptors (Lipinski definition) is 3. The minimum absolute atomic E-state index is 0.0550. The summed E-state index contributed by atoms with van der Waals surface area (Å²) in [5.74, 6) is 0. The predicted molar refractivity (Wildman–Crippen MR) is 72.9 cm³/mol. The number of rotatable bonds is 6. The molecule has 1 aromatic carbocycles. The molecule has 20 heavy (non-hydrogen) atoms. The molecule has 0 unspecified atom stereocenters. The molecule has 0 amide bonds. The van der Waals surface area contributed by atoms with E-state index in [1.54, 1.807) is 0 Å². The maximum Gasteiger partial charge on any atom is 0.416 e. The highest BCUT2D eigenvalue weighted by atomic mass is 79.9. The van der Waals surface area contributed by atoms with Crippen LogP contribution in [0.1, 0.15) is 12.5 Å². The zero-order chi connectivity index (χ0) is 15.4. The summed E-state index contributed by atoms with van der Waals surface area (Å²) in [6.45, 7) is 3.04. The van der Waals surface area contributed by atoms with Crippen molar-refractivity contribution < 1.29 is 21.6 Å². The molecule has 0 aliphatic carbocycles. The first kappa shape index (κ1) is 17.4. The van der Waals surface area contributed by atoms with Crippen LogP contribution in [0, 0.1) is 0 Å². The van der Waals surface area contributed by atoms with Gasteiger partial charge in [-0.05, 0) is 24.7 Å². The van der Waals surface area contributed by atoms with E-state index in [-0.39, 0.29) is 11.0 Å². The van der Waals surface area contributed by atoms with Gasteiger partial charge in [-0.15, -0.1) is 0 Å². The van der Waals surface area contributed by atoms with Gasteiger partial charge in [0.05, 0.1) is 10.5 Å². The van der Waals surface area contributed by atoms with Gasteiger partial charge in [0.2, 0.25) is 10.0 Å². The lowest BCUT2D eigenvalue weighted by Crippen LogP contribution is -2.32. The van der Waals surface area contributed by atoms with Gasteiger partial charge in [-0.3, -0.25) is 0 Å². The third kappa shape index (κ3) is 5.04. The van der Waals surface area contributed by atoms with Crippen LogP contribution >= 0.6 is 15.9 Å². The quantitative estimate of drug-likeness (QED) is 0.751. The molecular formula is C11H14BrF3N2O2S. The van der Waals surface area contributed by atoms with E-state index in [4.69, 9.17) is 0 Å². The Morgan fingerprint density at radius 3 is 2.40 bits per heavy atom. The Balaban J connectivity index is 2.98. The van der Waals surface area contributed by atoms with Gasteiger partial charge in [0.25, 0.3) is 0 Å². The zero-order valence-corrected chi connectivity index (χ0v) is 13.0. The molecule has 0 saturated heterocycles. The molecule has 0 radical (unpaired) electrons. The summed E-state index contributed by atoms with van der Waals surface area (Å²) in [5.41, 5.74) is -1.01. The van der Waals surface area contributed by atoms with Crippen LogP contribution in [0.25, 0.3) is 0 Å². The Bertz CT molecular complexity index is 561. The fourth-order valence-corrected chi connectivity index (χ4v) is 3.16. The number of hydrogen-bond donors (Lipinski definition) is 2. The highest BCUT2D eigenvalue weighted by Gasteiger charge is 2.32. The predicted octanol–water partition coefficient (Wildman–Crippen LogP) is 2.36. The highest BCUT2D eigenvalue weighted by Crippen LogP contribution is 2.32. The van der Waals surface area contributed by atoms with Gasteiger partial charge in [0.15, 0.2) is 0 Å². The molecule has 4 nitrogen and oxygen atoms in total. The Morgan fingerprint density at radius 2 is 1.85 bits per heavy atom. The van der Waals surface area contributed by atoms with Crippen molar-refractivity contribution in [3.63, 3.8) is 0 Å². The second kappa shape index (κ2) is 6.88. The van der Waals surface area contributed by atoms with E-state index in [1.165, 1.54) is 0 Å². The van der Waals surface area contributed by atoms with Crippen molar-refractivity contribution >= 4 is 26.0 Å². The van der Waals surface area contributed by atoms with E-state index in [1.807, 2.05) is 6.92 Å². The summed E-state index contributed by atoms with van der Waals surface area (Å²) in [6.07, 6.45) is -4.60. The molecule has 0 fully saturated rings. The van der Waals surface area contributed by atoms with E-state index in [2.05, 4.69) is 26.0 Å². The zero-order valence-electron chi connectivity index (χ0n) is 10.6. The first-order valence-corrected chi connectivity index (χ1v) is 8.02. The van der Waals surface area contributed by atoms with Gasteiger partial charge in [0, 0.05) is 17.6 Å². The maximum atomic E-state index is 12.6. The molecule has 2 N–H and O–H groups in total. The first-order chi connectivity index (χ1) is 9.16. The number of benzene rings is 1. The molecule has 0 spiro atoms. The Kier molecular flexibility index (Phi) is 5.99. The van der Waals surface area contributed by atoms with Crippen molar-refractivity contribution in [2.24, 2.45) is 0 Å². The summed E-state index contributed by atoms with van der Waals surface area (Å²) in [5, 5.41) is 2.90. The van der Waals surface area contributed by atoms with Crippen molar-refractivity contribution in [3.8, 4) is 0 Å². The summed E-state index contributed by atoms with van der Waals surface area (Å²) >= 11 is 2.89. The number of alkyl halides is 3. The van der Waals surface area contributed by atoms with Crippen molar-refractivity contribution in [1.82, 2.24) is 10.0 Å². The normalized spacial score (nSPS) is 12.7. The number of halogens is 4. The fraction of sp³-hybridized carbons (Fsp3) is 0.455. The van der Waals surface area contributed by atoms with E-state index in [0.29, 0.717) is 19.2 Å². The van der Waals surface area contributed by atoms with Gasteiger partial charge in [-0.1, -0.05) is 22.9 Å². The van der Waals surface area contributed by atoms with E-state index in [0.717, 1.165) is 12.1 Å². The monoisotopic (exact) mass is 374 g/mol. The lowest BCUT2D eigenvalue weighted by Gasteiger charge is -2.11. The largest absolute Gasteiger partial charge is 0.416 e. The SMILES string of the molecule is CCNCCNS(=O)(=O)c1cc(Br)cc(C(F)(F)F)c1. The van der Waals surface area contributed by atoms with Crippen LogP contribution in [-0.2, 0) is 16.2 Å². The molecule has 0 aromatic heterocycles. The van der Waals surface area contributed by atoms with Gasteiger partial charge < -0.3 is 5.32 Å². The summed E-state index contributed by atoms with van der Waals surface area (Å²) in [4.78, 5) is -0.421. The lowest BCUT2D eigenvalue weighted by molar-refractivity contribution is -0.137. The Hall–Kier alpha value is -0.640. The molecule has 0 bridgehead atoms. The molecule has 0 aliphatic rings. The lowest BCUT2D eigenvalue weighted by atomic mass is 10.2. The number of likely N-dealkylation sites (N-methyl/N-ethyl adjacent to an activating group) is 1. The van der Waals surface area contributed by atoms with Gasteiger partial charge in [0.1, 0.15) is 0 Å². The highest BCUT2D eigenvalue weighted by molar-refractivity contribution is 9.10. The third-order valence-electron chi connectivity index (χ3n) is 2.35. The molecule has 0 saturated carbocycles. The second-order valence-corrected chi connectivity index (χ2v) is 6.61. The van der Waals surface area contributed by atoms with Crippen LogP contribution in [0.15, 0.2) is 27.6 Å². The van der Waals surface area contributed by atoms with Crippen LogP contribution in [0.2, 0.25) is 0 Å². The standard InChI is InChI=1S/C11H14BrF3N2O2S/c1-2-16-3-4-17-20(18,19)10-6-8(11(13,14)15)5-9(12)7-10/h5-7,16-17H,2-4H2,1H3. The van der Waals surface area contributed by atoms with Gasteiger partial charge >= 0.3 is 6.18 Å². The molecule has 0 aliphatic heterocycles. The van der Waals surface area contributed by atoms with Crippen molar-refractivity contribution in [2.75, 3.05) is 19.6 Å². The summed E-state index contributed by atoms with van der Waals surface area (Å²) in [6, 6.07) is 2.57. The number of sulfonamides is 1. The average Bonchev–Trinajstić information content (AvgIpc) is 2.33. The van der Waals surface area contributed by atoms with Crippen molar-refractivity contribution in [2.45, 2.75) is 18.0 Å². The minimum atomic E-state index is -4.60. The molecule has 0 heterocycles. The minimum Gasteiger partial charge on any atom is -0.316 e. The Morgan fingerprint density at radius 1 is 1.20 bits per heavy atom. The number of nitrogens with one attached hydrogen (secondary N) is 2. The molecule has 0 atom stereocenters. The van der Waals surface area contributed by atoms with Crippen molar-refractivity contribution in [3.05, 3.63) is 28.2 Å². The molecule has 114 valence electrons. The van der Waals surface area contributed by atoms with E-state index in [9.17, 15) is 21.6 Å². The fourth-order valence-electron chi connectivity index (χ4n) is 1.42. The van der Waals surface area contributed by atoms with E-state index < -0.39 is 26.7 Å². The molecule has 1 rings (SSSR count). The van der Waals surface area contributed by atoms with Crippen LogP contribution in [0.3, 0.4) is 0 Å². The maximum absolute atomic E-state index is 12.6. The summed E-state index contributed by atoms with van der Waals surface area (Å²) in [7, 11) is -3.97. The molecule has 1 aromatic rings. The Labute approximate surface area is 123 Å². The average molecular weight is 375 g/mol. The first-order valence-electron chi connectivity index (χ1n) is 5.75. The summed E-state index contributed by atoms with van der Waals surface area (Å²) < 4.78 is 64.0. The topological polar surface area (TPSA) is 58.2 Å². The molecule has 9 heteroatoms. The van der Waals surface area contributed by atoms with Crippen LogP contribution in [-0.4, -0.2) is 28.1 Å². The van der Waals surface area contributed by atoms with Gasteiger partial charge in [-0.25, -0.2) is 13.1 Å². The van der Waals surface area contributed by atoms with Crippen LogP contribution < -0.4 is 10.0 Å². The molecular weight excluding hydrogens is 361 g/mol. The van der Waals surface area contributed by atoms with E-state index >= 15 is 0 Å². The van der Waals surface area contributed by atoms with Gasteiger partial charge in [-0.2, -0.15) is 13.2 Å². The van der Waals surface area contributed by atoms with Crippen LogP contribution in [0.4, 0.5) is 13.2 Å². The third-order valence-corrected chi connectivity index (χ3v) is 4.25. The van der Waals surface area contributed by atoms with Crippen LogP contribution in [0.5, 0.6) is 0 Å². The second-order valence-electron chi connectivity index (χ2n) is 3.92. The smallest absolute Gasteiger partial charge is 0.316 e. The van der Waals surface area contributed by atoms with Crippen molar-refractivity contribution in [1.29, 1.82) is 0 Å².